The molecule has 1 fully saturated rings. The van der Waals surface area contributed by atoms with Gasteiger partial charge in [0.1, 0.15) is 5.76 Å². The van der Waals surface area contributed by atoms with Gasteiger partial charge in [0.25, 0.3) is 11.8 Å². The summed E-state index contributed by atoms with van der Waals surface area (Å²) in [6.07, 6.45) is 4.68. The van der Waals surface area contributed by atoms with Crippen molar-refractivity contribution in [2.24, 2.45) is 0 Å². The Morgan fingerprint density at radius 1 is 0.968 bits per heavy atom. The maximum Gasteiger partial charge on any atom is 0.261 e. The van der Waals surface area contributed by atoms with Crippen molar-refractivity contribution in [2.75, 3.05) is 30.3 Å². The number of rotatable bonds is 8. The molecule has 8 nitrogen and oxygen atoms in total. The Balaban J connectivity index is 1.23. The molecule has 0 bridgehead atoms. The number of hydrogen-bond donors (Lipinski definition) is 0. The highest BCUT2D eigenvalue weighted by Gasteiger charge is 2.34. The molecular formula is C22H23N5O3S. The molecule has 2 aliphatic heterocycles. The molecule has 0 N–H and O–H groups in total. The van der Waals surface area contributed by atoms with Crippen LogP contribution in [-0.4, -0.2) is 56.9 Å². The molecule has 5 rings (SSSR count). The maximum absolute atomic E-state index is 12.5. The lowest BCUT2D eigenvalue weighted by Gasteiger charge is -2.18. The molecule has 0 saturated carbocycles. The highest BCUT2D eigenvalue weighted by molar-refractivity contribution is 7.99. The largest absolute Gasteiger partial charge is 0.467 e. The van der Waals surface area contributed by atoms with Crippen molar-refractivity contribution in [1.82, 2.24) is 19.7 Å². The number of fused-ring (bicyclic) bond motifs is 1. The molecule has 0 unspecified atom stereocenters. The van der Waals surface area contributed by atoms with E-state index in [1.165, 1.54) is 4.90 Å². The summed E-state index contributed by atoms with van der Waals surface area (Å²) < 4.78 is 7.64. The molecule has 9 heteroatoms. The second-order valence-electron chi connectivity index (χ2n) is 7.65. The molecule has 2 aromatic heterocycles. The van der Waals surface area contributed by atoms with Gasteiger partial charge in [-0.1, -0.05) is 23.9 Å². The number of carbonyl (C=O) groups is 2. The average molecular weight is 438 g/mol. The Labute approximate surface area is 184 Å². The van der Waals surface area contributed by atoms with Crippen molar-refractivity contribution < 1.29 is 14.0 Å². The number of benzene rings is 1. The topological polar surface area (TPSA) is 84.5 Å². The lowest BCUT2D eigenvalue weighted by Crippen LogP contribution is -2.31. The van der Waals surface area contributed by atoms with E-state index in [2.05, 4.69) is 19.7 Å². The maximum atomic E-state index is 12.5. The van der Waals surface area contributed by atoms with Gasteiger partial charge in [0.2, 0.25) is 5.95 Å². The molecule has 2 amide bonds. The van der Waals surface area contributed by atoms with Crippen molar-refractivity contribution in [1.29, 1.82) is 0 Å². The van der Waals surface area contributed by atoms with Gasteiger partial charge in [-0.2, -0.15) is 0 Å². The van der Waals surface area contributed by atoms with Crippen LogP contribution in [0.15, 0.2) is 52.2 Å². The van der Waals surface area contributed by atoms with E-state index in [9.17, 15) is 9.59 Å². The Morgan fingerprint density at radius 3 is 2.39 bits per heavy atom. The van der Waals surface area contributed by atoms with Gasteiger partial charge in [-0.25, -0.2) is 0 Å². The zero-order valence-corrected chi connectivity index (χ0v) is 17.9. The van der Waals surface area contributed by atoms with E-state index in [0.29, 0.717) is 30.6 Å². The van der Waals surface area contributed by atoms with Crippen LogP contribution in [0.1, 0.15) is 45.7 Å². The molecule has 31 heavy (non-hydrogen) atoms. The summed E-state index contributed by atoms with van der Waals surface area (Å²) in [4.78, 5) is 28.6. The Morgan fingerprint density at radius 2 is 1.71 bits per heavy atom. The number of imide groups is 1. The lowest BCUT2D eigenvalue weighted by atomic mass is 10.1. The highest BCUT2D eigenvalue weighted by Crippen LogP contribution is 2.27. The number of anilines is 1. The summed E-state index contributed by atoms with van der Waals surface area (Å²) in [6, 6.07) is 10.8. The van der Waals surface area contributed by atoms with Crippen LogP contribution in [0.25, 0.3) is 0 Å². The van der Waals surface area contributed by atoms with Crippen molar-refractivity contribution in [3.63, 3.8) is 0 Å². The normalized spacial score (nSPS) is 15.9. The van der Waals surface area contributed by atoms with Crippen LogP contribution in [0.5, 0.6) is 0 Å². The third-order valence-electron chi connectivity index (χ3n) is 5.62. The van der Waals surface area contributed by atoms with Gasteiger partial charge >= 0.3 is 0 Å². The first-order valence-corrected chi connectivity index (χ1v) is 11.5. The van der Waals surface area contributed by atoms with Gasteiger partial charge in [-0.3, -0.25) is 19.1 Å². The van der Waals surface area contributed by atoms with E-state index in [4.69, 9.17) is 4.42 Å². The lowest BCUT2D eigenvalue weighted by molar-refractivity contribution is 0.0655. The molecule has 0 spiro atoms. The fourth-order valence-corrected chi connectivity index (χ4v) is 4.92. The van der Waals surface area contributed by atoms with Crippen LogP contribution in [0.2, 0.25) is 0 Å². The highest BCUT2D eigenvalue weighted by atomic mass is 32.2. The molecule has 1 aromatic carbocycles. The van der Waals surface area contributed by atoms with Crippen LogP contribution in [0.4, 0.5) is 5.95 Å². The zero-order valence-electron chi connectivity index (χ0n) is 17.1. The molecular weight excluding hydrogens is 414 g/mol. The smallest absolute Gasteiger partial charge is 0.261 e. The fourth-order valence-electron chi connectivity index (χ4n) is 4.06. The summed E-state index contributed by atoms with van der Waals surface area (Å²) in [5, 5.41) is 9.68. The molecule has 0 radical (unpaired) electrons. The van der Waals surface area contributed by atoms with Crippen LogP contribution < -0.4 is 4.90 Å². The van der Waals surface area contributed by atoms with Crippen LogP contribution in [0, 0.1) is 0 Å². The quantitative estimate of drug-likeness (QED) is 0.304. The van der Waals surface area contributed by atoms with Crippen molar-refractivity contribution in [3.05, 3.63) is 59.5 Å². The second-order valence-corrected chi connectivity index (χ2v) is 8.71. The van der Waals surface area contributed by atoms with Crippen LogP contribution in [-0.2, 0) is 6.54 Å². The molecule has 2 aliphatic rings. The SMILES string of the molecule is O=C1c2ccccc2C(=O)N1CCCSc1nnc(N2CCCC2)n1Cc1ccco1. The van der Waals surface area contributed by atoms with Crippen molar-refractivity contribution in [3.8, 4) is 0 Å². The summed E-state index contributed by atoms with van der Waals surface area (Å²) >= 11 is 1.59. The predicted molar refractivity (Wildman–Crippen MR) is 116 cm³/mol. The number of carbonyl (C=O) groups excluding carboxylic acids is 2. The van der Waals surface area contributed by atoms with E-state index < -0.39 is 0 Å². The van der Waals surface area contributed by atoms with Gasteiger partial charge in [-0.15, -0.1) is 10.2 Å². The van der Waals surface area contributed by atoms with Crippen molar-refractivity contribution >= 4 is 29.5 Å². The first kappa shape index (κ1) is 19.9. The Bertz CT molecular complexity index is 1050. The summed E-state index contributed by atoms with van der Waals surface area (Å²) in [5.74, 6) is 2.04. The molecule has 0 aliphatic carbocycles. The van der Waals surface area contributed by atoms with Gasteiger partial charge < -0.3 is 9.32 Å². The van der Waals surface area contributed by atoms with E-state index in [0.717, 1.165) is 48.5 Å². The number of aromatic nitrogens is 3. The van der Waals surface area contributed by atoms with Gasteiger partial charge in [-0.05, 0) is 43.5 Å². The van der Waals surface area contributed by atoms with E-state index in [1.807, 2.05) is 12.1 Å². The van der Waals surface area contributed by atoms with Gasteiger partial charge in [0.15, 0.2) is 5.16 Å². The summed E-state index contributed by atoms with van der Waals surface area (Å²) in [5.41, 5.74) is 0.988. The fraction of sp³-hybridized carbons (Fsp3) is 0.364. The summed E-state index contributed by atoms with van der Waals surface area (Å²) in [7, 11) is 0. The molecule has 1 saturated heterocycles. The number of nitrogens with zero attached hydrogens (tertiary/aromatic N) is 5. The minimum atomic E-state index is -0.206. The predicted octanol–water partition coefficient (Wildman–Crippen LogP) is 3.30. The van der Waals surface area contributed by atoms with Gasteiger partial charge in [0.05, 0.1) is 23.9 Å². The standard InChI is InChI=1S/C22H23N5O3S/c28-19-17-8-1-2-9-18(17)20(29)26(19)12-6-14-31-22-24-23-21(25-10-3-4-11-25)27(22)15-16-7-5-13-30-16/h1-2,5,7-9,13H,3-4,6,10-12,14-15H2. The number of amides is 2. The third kappa shape index (κ3) is 3.85. The molecule has 4 heterocycles. The molecule has 3 aromatic rings. The van der Waals surface area contributed by atoms with Gasteiger partial charge in [0, 0.05) is 25.4 Å². The van der Waals surface area contributed by atoms with Crippen LogP contribution >= 0.6 is 11.8 Å². The minimum Gasteiger partial charge on any atom is -0.467 e. The Hall–Kier alpha value is -3.07. The monoisotopic (exact) mass is 437 g/mol. The molecule has 160 valence electrons. The number of hydrogen-bond acceptors (Lipinski definition) is 7. The average Bonchev–Trinajstić information content (AvgIpc) is 3.58. The molecule has 0 atom stereocenters. The first-order chi connectivity index (χ1) is 15.2. The Kier molecular flexibility index (Phi) is 5.50. The van der Waals surface area contributed by atoms with E-state index in [1.54, 1.807) is 42.3 Å². The van der Waals surface area contributed by atoms with Crippen LogP contribution in [0.3, 0.4) is 0 Å². The second kappa shape index (κ2) is 8.58. The number of thioether (sulfide) groups is 1. The van der Waals surface area contributed by atoms with E-state index >= 15 is 0 Å². The zero-order chi connectivity index (χ0) is 21.2. The van der Waals surface area contributed by atoms with Crippen molar-refractivity contribution in [2.45, 2.75) is 31.0 Å². The minimum absolute atomic E-state index is 0.206. The third-order valence-corrected chi connectivity index (χ3v) is 6.67. The number of furan rings is 1. The van der Waals surface area contributed by atoms with E-state index in [-0.39, 0.29) is 11.8 Å². The summed E-state index contributed by atoms with van der Waals surface area (Å²) in [6.45, 7) is 2.94. The first-order valence-electron chi connectivity index (χ1n) is 10.5.